The minimum atomic E-state index is -0.440. The number of hydrogen-bond donors (Lipinski definition) is 1. The summed E-state index contributed by atoms with van der Waals surface area (Å²) >= 11 is 5.81. The third kappa shape index (κ3) is 2.81. The van der Waals surface area contributed by atoms with Gasteiger partial charge in [0.2, 0.25) is 0 Å². The molecule has 0 aliphatic rings. The highest BCUT2D eigenvalue weighted by atomic mass is 35.5. The first kappa shape index (κ1) is 12.7. The number of anilines is 1. The van der Waals surface area contributed by atoms with Gasteiger partial charge >= 0.3 is 0 Å². The lowest BCUT2D eigenvalue weighted by atomic mass is 10.1. The summed E-state index contributed by atoms with van der Waals surface area (Å²) in [6.45, 7) is 0. The molecule has 0 saturated carbocycles. The summed E-state index contributed by atoms with van der Waals surface area (Å²) in [4.78, 5) is 11.7. The van der Waals surface area contributed by atoms with Gasteiger partial charge in [-0.2, -0.15) is 9.62 Å². The number of carbonyl (C=O) groups is 1. The summed E-state index contributed by atoms with van der Waals surface area (Å²) in [5, 5.41) is 8.95. The van der Waals surface area contributed by atoms with E-state index in [2.05, 4.69) is 4.36 Å². The van der Waals surface area contributed by atoms with Crippen LogP contribution in [0.4, 0.5) is 5.69 Å². The summed E-state index contributed by atoms with van der Waals surface area (Å²) in [6, 6.07) is 4.74. The van der Waals surface area contributed by atoms with Gasteiger partial charge in [-0.15, -0.1) is 0 Å². The van der Waals surface area contributed by atoms with Crippen LogP contribution in [0.5, 0.6) is 0 Å². The number of amides is 1. The van der Waals surface area contributed by atoms with Crippen LogP contribution < -0.4 is 5.73 Å². The van der Waals surface area contributed by atoms with Crippen LogP contribution >= 0.6 is 11.6 Å². The average Bonchev–Trinajstić information content (AvgIpc) is 2.20. The lowest BCUT2D eigenvalue weighted by Gasteiger charge is -2.04. The second-order valence-electron chi connectivity index (χ2n) is 3.20. The van der Waals surface area contributed by atoms with Gasteiger partial charge in [0.1, 0.15) is 0 Å². The van der Waals surface area contributed by atoms with E-state index in [4.69, 9.17) is 22.6 Å². The van der Waals surface area contributed by atoms with Crippen LogP contribution in [0.25, 0.3) is 0 Å². The monoisotopic (exact) mass is 255 g/mol. The Bertz CT molecular complexity index is 516. The molecule has 0 radical (unpaired) electrons. The molecule has 1 amide bonds. The molecule has 4 nitrogen and oxygen atoms in total. The van der Waals surface area contributed by atoms with Crippen LogP contribution in [0.1, 0.15) is 15.9 Å². The van der Waals surface area contributed by atoms with Crippen LogP contribution in [-0.2, 0) is 10.7 Å². The molecule has 0 unspecified atom stereocenters. The molecule has 0 atom stereocenters. The number of hydrogen-bond acceptors (Lipinski definition) is 3. The number of carbonyl (C=O) groups excluding carboxylic acids is 1. The van der Waals surface area contributed by atoms with E-state index in [1.54, 1.807) is 0 Å². The molecule has 0 bridgehead atoms. The van der Waals surface area contributed by atoms with Crippen LogP contribution in [0, 0.1) is 11.3 Å². The van der Waals surface area contributed by atoms with Crippen LogP contribution in [0.15, 0.2) is 16.5 Å². The molecule has 0 fully saturated rings. The fourth-order valence-electron chi connectivity index (χ4n) is 1.07. The molecule has 6 heteroatoms. The van der Waals surface area contributed by atoms with Gasteiger partial charge in [0.25, 0.3) is 5.91 Å². The van der Waals surface area contributed by atoms with Crippen molar-refractivity contribution < 1.29 is 4.79 Å². The predicted octanol–water partition coefficient (Wildman–Crippen LogP) is 2.00. The molecular formula is C10H10ClN3OS. The Morgan fingerprint density at radius 2 is 2.19 bits per heavy atom. The Kier molecular flexibility index (Phi) is 4.05. The van der Waals surface area contributed by atoms with E-state index in [0.29, 0.717) is 5.56 Å². The molecule has 0 saturated heterocycles. The molecular weight excluding hydrogens is 246 g/mol. The molecule has 0 aliphatic carbocycles. The maximum absolute atomic E-state index is 11.7. The quantitative estimate of drug-likeness (QED) is 0.780. The zero-order chi connectivity index (χ0) is 12.3. The first-order valence-corrected chi connectivity index (χ1v) is 6.66. The second-order valence-corrected chi connectivity index (χ2v) is 5.34. The van der Waals surface area contributed by atoms with E-state index in [9.17, 15) is 4.79 Å². The molecule has 1 aromatic rings. The Morgan fingerprint density at radius 3 is 2.69 bits per heavy atom. The Labute approximate surface area is 101 Å². The number of nitriles is 1. The molecule has 84 valence electrons. The van der Waals surface area contributed by atoms with Gasteiger partial charge in [0.05, 0.1) is 27.9 Å². The third-order valence-electron chi connectivity index (χ3n) is 1.75. The topological polar surface area (TPSA) is 79.2 Å². The van der Waals surface area contributed by atoms with E-state index >= 15 is 0 Å². The van der Waals surface area contributed by atoms with Crippen molar-refractivity contribution in [2.24, 2.45) is 4.36 Å². The van der Waals surface area contributed by atoms with Gasteiger partial charge in [-0.3, -0.25) is 4.79 Å². The van der Waals surface area contributed by atoms with E-state index in [0.717, 1.165) is 0 Å². The highest BCUT2D eigenvalue weighted by Crippen LogP contribution is 2.25. The fourth-order valence-corrected chi connectivity index (χ4v) is 1.72. The van der Waals surface area contributed by atoms with Gasteiger partial charge in [-0.1, -0.05) is 22.3 Å². The molecule has 0 aliphatic heterocycles. The van der Waals surface area contributed by atoms with Crippen molar-refractivity contribution in [1.82, 2.24) is 0 Å². The van der Waals surface area contributed by atoms with Crippen molar-refractivity contribution in [2.75, 3.05) is 18.2 Å². The van der Waals surface area contributed by atoms with Crippen molar-refractivity contribution in [3.05, 3.63) is 28.3 Å². The Hall–Kier alpha value is -1.38. The van der Waals surface area contributed by atoms with Gasteiger partial charge < -0.3 is 5.73 Å². The van der Waals surface area contributed by atoms with Crippen LogP contribution in [-0.4, -0.2) is 18.4 Å². The SMILES string of the molecule is CS(C)=NC(=O)c1cc(C#N)cc(Cl)c1N. The number of nitrogens with zero attached hydrogens (tertiary/aromatic N) is 2. The average molecular weight is 256 g/mol. The smallest absolute Gasteiger partial charge is 0.285 e. The van der Waals surface area contributed by atoms with Gasteiger partial charge in [-0.05, 0) is 24.6 Å². The number of nitrogens with two attached hydrogens (primary N) is 1. The first-order valence-electron chi connectivity index (χ1n) is 4.28. The minimum Gasteiger partial charge on any atom is -0.397 e. The van der Waals surface area contributed by atoms with Crippen LogP contribution in [0.3, 0.4) is 0 Å². The van der Waals surface area contributed by atoms with Crippen molar-refractivity contribution in [2.45, 2.75) is 0 Å². The lowest BCUT2D eigenvalue weighted by Crippen LogP contribution is -2.03. The number of nitrogen functional groups attached to an aromatic ring is 1. The zero-order valence-corrected chi connectivity index (χ0v) is 10.4. The van der Waals surface area contributed by atoms with E-state index in [1.807, 2.05) is 18.6 Å². The maximum atomic E-state index is 11.7. The molecule has 1 rings (SSSR count). The fraction of sp³-hybridized carbons (Fsp3) is 0.200. The van der Waals surface area contributed by atoms with Crippen molar-refractivity contribution in [1.29, 1.82) is 5.26 Å². The van der Waals surface area contributed by atoms with E-state index in [-0.39, 0.29) is 27.0 Å². The summed E-state index contributed by atoms with van der Waals surface area (Å²) in [5.41, 5.74) is 6.31. The lowest BCUT2D eigenvalue weighted by molar-refractivity contribution is 0.101. The predicted molar refractivity (Wildman–Crippen MR) is 66.6 cm³/mol. The summed E-state index contributed by atoms with van der Waals surface area (Å²) < 4.78 is 3.87. The standard InChI is InChI=1S/C10H10ClN3OS/c1-16(2)14-10(15)7-3-6(5-12)4-8(11)9(7)13/h3-4H,13H2,1-2H3. The van der Waals surface area contributed by atoms with Gasteiger partial charge in [0.15, 0.2) is 0 Å². The van der Waals surface area contributed by atoms with Gasteiger partial charge in [0, 0.05) is 0 Å². The van der Waals surface area contributed by atoms with Gasteiger partial charge in [-0.25, -0.2) is 0 Å². The third-order valence-corrected chi connectivity index (χ3v) is 2.60. The largest absolute Gasteiger partial charge is 0.397 e. The summed E-state index contributed by atoms with van der Waals surface area (Å²) in [7, 11) is -0.376. The first-order chi connectivity index (χ1) is 7.45. The Morgan fingerprint density at radius 1 is 1.56 bits per heavy atom. The number of benzene rings is 1. The highest BCUT2D eigenvalue weighted by molar-refractivity contribution is 7.86. The normalized spacial score (nSPS) is 9.94. The molecule has 0 heterocycles. The number of halogens is 1. The minimum absolute atomic E-state index is 0.167. The molecule has 16 heavy (non-hydrogen) atoms. The summed E-state index contributed by atoms with van der Waals surface area (Å²) in [6.07, 6.45) is 3.62. The molecule has 2 N–H and O–H groups in total. The maximum Gasteiger partial charge on any atom is 0.285 e. The molecule has 0 aromatic heterocycles. The second kappa shape index (κ2) is 5.10. The summed E-state index contributed by atoms with van der Waals surface area (Å²) in [5.74, 6) is -0.440. The van der Waals surface area contributed by atoms with Crippen molar-refractivity contribution in [3.8, 4) is 6.07 Å². The van der Waals surface area contributed by atoms with E-state index < -0.39 is 5.91 Å². The molecule has 0 spiro atoms. The number of rotatable bonds is 1. The zero-order valence-electron chi connectivity index (χ0n) is 8.82. The Balaban J connectivity index is 3.34. The van der Waals surface area contributed by atoms with Crippen molar-refractivity contribution >= 4 is 33.9 Å². The molecule has 1 aromatic carbocycles. The highest BCUT2D eigenvalue weighted by Gasteiger charge is 2.13. The van der Waals surface area contributed by atoms with E-state index in [1.165, 1.54) is 12.1 Å². The van der Waals surface area contributed by atoms with Crippen molar-refractivity contribution in [3.63, 3.8) is 0 Å². The van der Waals surface area contributed by atoms with Crippen LogP contribution in [0.2, 0.25) is 5.02 Å².